The minimum absolute atomic E-state index is 0.0101. The molecule has 1 aromatic heterocycles. The fourth-order valence-electron chi connectivity index (χ4n) is 1.94. The summed E-state index contributed by atoms with van der Waals surface area (Å²) in [7, 11) is 0. The van der Waals surface area contributed by atoms with E-state index in [-0.39, 0.29) is 5.78 Å². The van der Waals surface area contributed by atoms with Crippen LogP contribution >= 0.6 is 34.5 Å². The first-order valence-electron chi connectivity index (χ1n) is 6.34. The maximum absolute atomic E-state index is 12.3. The highest BCUT2D eigenvalue weighted by Crippen LogP contribution is 2.31. The zero-order valence-electron chi connectivity index (χ0n) is 11.1. The van der Waals surface area contributed by atoms with Gasteiger partial charge in [0.05, 0.1) is 16.4 Å². The Bertz CT molecular complexity index is 583. The molecule has 0 amide bonds. The number of nitrogens with zero attached hydrogens (tertiary/aromatic N) is 1. The molecule has 0 radical (unpaired) electrons. The fraction of sp³-hybridized carbons (Fsp3) is 0.267. The van der Waals surface area contributed by atoms with Gasteiger partial charge in [0.25, 0.3) is 0 Å². The zero-order chi connectivity index (χ0) is 14.5. The summed E-state index contributed by atoms with van der Waals surface area (Å²) in [6.45, 7) is 3.94. The van der Waals surface area contributed by atoms with Crippen LogP contribution in [0.5, 0.6) is 0 Å². The molecule has 0 N–H and O–H groups in total. The van der Waals surface area contributed by atoms with E-state index in [2.05, 4.69) is 17.0 Å². The van der Waals surface area contributed by atoms with Crippen LogP contribution < -0.4 is 0 Å². The predicted octanol–water partition coefficient (Wildman–Crippen LogP) is 4.76. The smallest absolute Gasteiger partial charge is 0.179 e. The van der Waals surface area contributed by atoms with E-state index in [1.165, 1.54) is 16.9 Å². The molecule has 5 heteroatoms. The SMILES string of the molecule is CCN(CC(=O)c1cc(Cl)sc1Cl)Cc1ccccc1. The fourth-order valence-corrected chi connectivity index (χ4v) is 3.44. The van der Waals surface area contributed by atoms with Crippen LogP contribution in [0.25, 0.3) is 0 Å². The summed E-state index contributed by atoms with van der Waals surface area (Å²) >= 11 is 13.1. The molecule has 0 aliphatic heterocycles. The lowest BCUT2D eigenvalue weighted by atomic mass is 10.2. The van der Waals surface area contributed by atoms with Gasteiger partial charge in [-0.15, -0.1) is 11.3 Å². The zero-order valence-corrected chi connectivity index (χ0v) is 13.4. The molecule has 0 fully saturated rings. The Balaban J connectivity index is 2.03. The number of thiophene rings is 1. The van der Waals surface area contributed by atoms with Gasteiger partial charge in [-0.3, -0.25) is 9.69 Å². The predicted molar refractivity (Wildman–Crippen MR) is 86.1 cm³/mol. The summed E-state index contributed by atoms with van der Waals surface area (Å²) in [6, 6.07) is 11.7. The second-order valence-electron chi connectivity index (χ2n) is 4.45. The maximum atomic E-state index is 12.3. The minimum Gasteiger partial charge on any atom is -0.293 e. The highest BCUT2D eigenvalue weighted by atomic mass is 35.5. The van der Waals surface area contributed by atoms with Gasteiger partial charge in [-0.1, -0.05) is 60.5 Å². The van der Waals surface area contributed by atoms with Gasteiger partial charge in [-0.05, 0) is 18.2 Å². The van der Waals surface area contributed by atoms with Crippen molar-refractivity contribution in [3.8, 4) is 0 Å². The molecular weight excluding hydrogens is 313 g/mol. The Morgan fingerprint density at radius 2 is 1.95 bits per heavy atom. The Morgan fingerprint density at radius 3 is 2.50 bits per heavy atom. The van der Waals surface area contributed by atoms with E-state index in [1.807, 2.05) is 25.1 Å². The molecule has 2 aromatic rings. The number of halogens is 2. The van der Waals surface area contributed by atoms with Gasteiger partial charge in [0, 0.05) is 6.54 Å². The lowest BCUT2D eigenvalue weighted by molar-refractivity contribution is 0.0930. The van der Waals surface area contributed by atoms with Crippen molar-refractivity contribution < 1.29 is 4.79 Å². The number of hydrogen-bond acceptors (Lipinski definition) is 3. The molecule has 2 nitrogen and oxygen atoms in total. The monoisotopic (exact) mass is 327 g/mol. The van der Waals surface area contributed by atoms with Crippen molar-refractivity contribution in [3.63, 3.8) is 0 Å². The molecule has 0 aliphatic rings. The van der Waals surface area contributed by atoms with Crippen molar-refractivity contribution in [1.29, 1.82) is 0 Å². The molecule has 0 saturated heterocycles. The Hall–Kier alpha value is -0.870. The van der Waals surface area contributed by atoms with Crippen molar-refractivity contribution in [1.82, 2.24) is 4.90 Å². The van der Waals surface area contributed by atoms with Crippen LogP contribution in [-0.2, 0) is 6.54 Å². The summed E-state index contributed by atoms with van der Waals surface area (Å²) in [4.78, 5) is 14.3. The van der Waals surface area contributed by atoms with Crippen LogP contribution in [0.4, 0.5) is 0 Å². The lowest BCUT2D eigenvalue weighted by Gasteiger charge is -2.19. The molecule has 106 valence electrons. The molecule has 0 bridgehead atoms. The number of carbonyl (C=O) groups is 1. The van der Waals surface area contributed by atoms with Crippen molar-refractivity contribution in [2.75, 3.05) is 13.1 Å². The van der Waals surface area contributed by atoms with Crippen LogP contribution in [0.15, 0.2) is 36.4 Å². The quantitative estimate of drug-likeness (QED) is 0.713. The summed E-state index contributed by atoms with van der Waals surface area (Å²) in [5, 5.41) is 0. The molecule has 0 atom stereocenters. The van der Waals surface area contributed by atoms with E-state index in [1.54, 1.807) is 6.07 Å². The van der Waals surface area contributed by atoms with E-state index < -0.39 is 0 Å². The average molecular weight is 328 g/mol. The standard InChI is InChI=1S/C15H15Cl2NOS/c1-2-18(9-11-6-4-3-5-7-11)10-13(19)12-8-14(16)20-15(12)17/h3-8H,2,9-10H2,1H3. The number of benzene rings is 1. The molecule has 20 heavy (non-hydrogen) atoms. The average Bonchev–Trinajstić information content (AvgIpc) is 2.78. The Labute approximate surface area is 132 Å². The van der Waals surface area contributed by atoms with Crippen molar-refractivity contribution in [2.24, 2.45) is 0 Å². The maximum Gasteiger partial charge on any atom is 0.179 e. The highest BCUT2D eigenvalue weighted by Gasteiger charge is 2.17. The van der Waals surface area contributed by atoms with Crippen LogP contribution in [0.3, 0.4) is 0 Å². The van der Waals surface area contributed by atoms with Gasteiger partial charge in [0.1, 0.15) is 4.34 Å². The molecule has 0 spiro atoms. The largest absolute Gasteiger partial charge is 0.293 e. The molecule has 0 unspecified atom stereocenters. The minimum atomic E-state index is 0.0101. The lowest BCUT2D eigenvalue weighted by Crippen LogP contribution is -2.29. The van der Waals surface area contributed by atoms with Gasteiger partial charge in [0.2, 0.25) is 0 Å². The number of carbonyl (C=O) groups excluding carboxylic acids is 1. The Kier molecular flexibility index (Phi) is 5.61. The number of hydrogen-bond donors (Lipinski definition) is 0. The summed E-state index contributed by atoms with van der Waals surface area (Å²) < 4.78 is 1.01. The summed E-state index contributed by atoms with van der Waals surface area (Å²) in [6.07, 6.45) is 0. The van der Waals surface area contributed by atoms with Crippen LogP contribution in [0, 0.1) is 0 Å². The van der Waals surface area contributed by atoms with E-state index in [4.69, 9.17) is 23.2 Å². The van der Waals surface area contributed by atoms with Gasteiger partial charge >= 0.3 is 0 Å². The van der Waals surface area contributed by atoms with Crippen LogP contribution in [0.1, 0.15) is 22.8 Å². The molecule has 1 heterocycles. The Morgan fingerprint density at radius 1 is 1.25 bits per heavy atom. The third-order valence-electron chi connectivity index (χ3n) is 3.02. The van der Waals surface area contributed by atoms with Gasteiger partial charge in [0.15, 0.2) is 5.78 Å². The third-order valence-corrected chi connectivity index (χ3v) is 4.51. The summed E-state index contributed by atoms with van der Waals surface area (Å²) in [5.41, 5.74) is 1.71. The van der Waals surface area contributed by atoms with Gasteiger partial charge < -0.3 is 0 Å². The topological polar surface area (TPSA) is 20.3 Å². The van der Waals surface area contributed by atoms with E-state index in [9.17, 15) is 4.79 Å². The second-order valence-corrected chi connectivity index (χ2v) is 6.74. The van der Waals surface area contributed by atoms with Gasteiger partial charge in [-0.25, -0.2) is 0 Å². The molecule has 0 saturated carbocycles. The summed E-state index contributed by atoms with van der Waals surface area (Å²) in [5.74, 6) is 0.0101. The van der Waals surface area contributed by atoms with Crippen molar-refractivity contribution >= 4 is 40.3 Å². The first-order valence-corrected chi connectivity index (χ1v) is 7.91. The van der Waals surface area contributed by atoms with Crippen molar-refractivity contribution in [3.05, 3.63) is 56.2 Å². The normalized spacial score (nSPS) is 11.0. The number of ketones is 1. The third kappa shape index (κ3) is 4.06. The van der Waals surface area contributed by atoms with Crippen LogP contribution in [0.2, 0.25) is 8.67 Å². The molecular formula is C15H15Cl2NOS. The highest BCUT2D eigenvalue weighted by molar-refractivity contribution is 7.20. The van der Waals surface area contributed by atoms with Crippen LogP contribution in [-0.4, -0.2) is 23.8 Å². The number of Topliss-reactive ketones (excluding diaryl/α,β-unsaturated/α-hetero) is 1. The first kappa shape index (κ1) is 15.5. The van der Waals surface area contributed by atoms with E-state index in [0.717, 1.165) is 13.1 Å². The molecule has 2 rings (SSSR count). The number of likely N-dealkylation sites (N-methyl/N-ethyl adjacent to an activating group) is 1. The first-order chi connectivity index (χ1) is 9.60. The van der Waals surface area contributed by atoms with E-state index >= 15 is 0 Å². The van der Waals surface area contributed by atoms with Crippen molar-refractivity contribution in [2.45, 2.75) is 13.5 Å². The molecule has 0 aliphatic carbocycles. The number of rotatable bonds is 6. The van der Waals surface area contributed by atoms with Gasteiger partial charge in [-0.2, -0.15) is 0 Å². The van der Waals surface area contributed by atoms with E-state index in [0.29, 0.717) is 20.8 Å². The molecule has 1 aromatic carbocycles. The second kappa shape index (κ2) is 7.23.